The molecular weight excluding hydrogens is 398 g/mol. The van der Waals surface area contributed by atoms with Gasteiger partial charge in [-0.05, 0) is 56.4 Å². The normalized spacial score (nSPS) is 28.9. The van der Waals surface area contributed by atoms with Gasteiger partial charge in [0.2, 0.25) is 0 Å². The summed E-state index contributed by atoms with van der Waals surface area (Å²) in [7, 11) is 1.60. The zero-order valence-electron chi connectivity index (χ0n) is 18.4. The Hall–Kier alpha value is -1.46. The van der Waals surface area contributed by atoms with E-state index in [0.29, 0.717) is 16.3 Å². The highest BCUT2D eigenvalue weighted by Crippen LogP contribution is 2.43. The largest absolute Gasteiger partial charge is 0.496 e. The van der Waals surface area contributed by atoms with Gasteiger partial charge in [0, 0.05) is 37.8 Å². The first-order valence-electron chi connectivity index (χ1n) is 11.8. The van der Waals surface area contributed by atoms with E-state index in [0.717, 1.165) is 56.0 Å². The van der Waals surface area contributed by atoms with Crippen LogP contribution in [0.4, 0.5) is 5.69 Å². The van der Waals surface area contributed by atoms with E-state index < -0.39 is 0 Å². The molecule has 1 unspecified atom stereocenters. The van der Waals surface area contributed by atoms with Crippen LogP contribution in [0.3, 0.4) is 0 Å². The van der Waals surface area contributed by atoms with Crippen LogP contribution >= 0.6 is 11.6 Å². The van der Waals surface area contributed by atoms with Crippen LogP contribution in [0.25, 0.3) is 0 Å². The summed E-state index contributed by atoms with van der Waals surface area (Å²) in [6, 6.07) is 4.49. The maximum absolute atomic E-state index is 13.0. The zero-order valence-corrected chi connectivity index (χ0v) is 19.1. The maximum Gasteiger partial charge on any atom is 0.255 e. The summed E-state index contributed by atoms with van der Waals surface area (Å²) in [5.41, 5.74) is 1.32. The predicted octanol–water partition coefficient (Wildman–Crippen LogP) is 4.94. The topological polar surface area (TPSA) is 53.6 Å². The van der Waals surface area contributed by atoms with Gasteiger partial charge in [-0.1, -0.05) is 31.4 Å². The number of halogens is 1. The minimum atomic E-state index is -0.0912. The van der Waals surface area contributed by atoms with E-state index in [2.05, 4.69) is 22.5 Å². The molecule has 1 saturated heterocycles. The standard InChI is InChI=1S/C24H36ClN3O2/c1-3-11-26-21-14-22(30-2)19(13-20(21)25)24(29)27-18-10-12-28(15-18)23-16-6-4-7-17(23)9-5-8-16/h13-14,16-18,23,26H,3-12,15H2,1-2H3,(H,27,29). The molecule has 6 heteroatoms. The molecular formula is C24H36ClN3O2. The second kappa shape index (κ2) is 9.78. The minimum Gasteiger partial charge on any atom is -0.496 e. The molecule has 2 N–H and O–H groups in total. The molecule has 30 heavy (non-hydrogen) atoms. The molecule has 3 aliphatic rings. The lowest BCUT2D eigenvalue weighted by atomic mass is 9.68. The fraction of sp³-hybridized carbons (Fsp3) is 0.708. The smallest absolute Gasteiger partial charge is 0.255 e. The van der Waals surface area contributed by atoms with Crippen molar-refractivity contribution in [1.29, 1.82) is 0 Å². The Balaban J connectivity index is 1.40. The first-order valence-corrected chi connectivity index (χ1v) is 12.1. The number of fused-ring (bicyclic) bond motifs is 2. The lowest BCUT2D eigenvalue weighted by Crippen LogP contribution is -2.50. The molecule has 1 heterocycles. The van der Waals surface area contributed by atoms with Crippen LogP contribution in [0.5, 0.6) is 5.75 Å². The molecule has 2 aliphatic carbocycles. The fourth-order valence-corrected chi connectivity index (χ4v) is 6.20. The van der Waals surface area contributed by atoms with E-state index in [-0.39, 0.29) is 11.9 Å². The molecule has 1 aromatic rings. The van der Waals surface area contributed by atoms with Gasteiger partial charge in [0.05, 0.1) is 23.4 Å². The van der Waals surface area contributed by atoms with Gasteiger partial charge in [0.25, 0.3) is 5.91 Å². The van der Waals surface area contributed by atoms with Crippen LogP contribution < -0.4 is 15.4 Å². The number of rotatable bonds is 7. The van der Waals surface area contributed by atoms with Crippen molar-refractivity contribution in [3.05, 3.63) is 22.7 Å². The van der Waals surface area contributed by atoms with Crippen LogP contribution in [-0.4, -0.2) is 49.6 Å². The number of ether oxygens (including phenoxy) is 1. The highest BCUT2D eigenvalue weighted by atomic mass is 35.5. The van der Waals surface area contributed by atoms with Gasteiger partial charge in [0.1, 0.15) is 5.75 Å². The molecule has 2 bridgehead atoms. The molecule has 1 atom stereocenters. The number of amides is 1. The van der Waals surface area contributed by atoms with E-state index in [9.17, 15) is 4.79 Å². The average Bonchev–Trinajstić information content (AvgIpc) is 3.20. The molecule has 0 aromatic heterocycles. The lowest BCUT2D eigenvalue weighted by Gasteiger charge is -2.47. The summed E-state index contributed by atoms with van der Waals surface area (Å²) >= 11 is 6.43. The molecule has 3 fully saturated rings. The Labute approximate surface area is 185 Å². The van der Waals surface area contributed by atoms with Gasteiger partial charge in [-0.3, -0.25) is 9.69 Å². The fourth-order valence-electron chi connectivity index (χ4n) is 5.97. The SMILES string of the molecule is CCCNc1cc(OC)c(C(=O)NC2CCN(C3C4CCCC3CCC4)C2)cc1Cl. The van der Waals surface area contributed by atoms with Gasteiger partial charge in [-0.2, -0.15) is 0 Å². The van der Waals surface area contributed by atoms with Crippen LogP contribution in [0.2, 0.25) is 5.02 Å². The van der Waals surface area contributed by atoms with Crippen LogP contribution in [0.15, 0.2) is 12.1 Å². The quantitative estimate of drug-likeness (QED) is 0.639. The second-order valence-corrected chi connectivity index (χ2v) is 9.69. The van der Waals surface area contributed by atoms with Crippen LogP contribution in [0.1, 0.15) is 68.6 Å². The number of nitrogens with one attached hydrogen (secondary N) is 2. The Morgan fingerprint density at radius 1 is 1.17 bits per heavy atom. The number of methoxy groups -OCH3 is 1. The number of carbonyl (C=O) groups is 1. The van der Waals surface area contributed by atoms with E-state index in [4.69, 9.17) is 16.3 Å². The summed E-state index contributed by atoms with van der Waals surface area (Å²) in [4.78, 5) is 15.7. The molecule has 1 aromatic carbocycles. The molecule has 5 nitrogen and oxygen atoms in total. The molecule has 0 radical (unpaired) electrons. The number of benzene rings is 1. The van der Waals surface area contributed by atoms with Crippen molar-refractivity contribution in [2.45, 2.75) is 70.4 Å². The van der Waals surface area contributed by atoms with Crippen LogP contribution in [-0.2, 0) is 0 Å². The third-order valence-electron chi connectivity index (χ3n) is 7.34. The highest BCUT2D eigenvalue weighted by molar-refractivity contribution is 6.33. The zero-order chi connectivity index (χ0) is 21.1. The minimum absolute atomic E-state index is 0.0912. The van der Waals surface area contributed by atoms with Crippen molar-refractivity contribution in [2.75, 3.05) is 32.1 Å². The number of hydrogen-bond donors (Lipinski definition) is 2. The van der Waals surface area contributed by atoms with E-state index >= 15 is 0 Å². The predicted molar refractivity (Wildman–Crippen MR) is 123 cm³/mol. The summed E-state index contributed by atoms with van der Waals surface area (Å²) in [6.07, 6.45) is 10.4. The average molecular weight is 434 g/mol. The van der Waals surface area contributed by atoms with E-state index in [1.54, 1.807) is 13.2 Å². The lowest BCUT2D eigenvalue weighted by molar-refractivity contribution is 0.0346. The van der Waals surface area contributed by atoms with Crippen molar-refractivity contribution in [2.24, 2.45) is 11.8 Å². The van der Waals surface area contributed by atoms with Gasteiger partial charge >= 0.3 is 0 Å². The van der Waals surface area contributed by atoms with Crippen molar-refractivity contribution >= 4 is 23.2 Å². The molecule has 2 saturated carbocycles. The van der Waals surface area contributed by atoms with E-state index in [1.807, 2.05) is 6.07 Å². The number of likely N-dealkylation sites (tertiary alicyclic amines) is 1. The molecule has 0 spiro atoms. The summed E-state index contributed by atoms with van der Waals surface area (Å²) in [6.45, 7) is 5.00. The van der Waals surface area contributed by atoms with Crippen molar-refractivity contribution in [3.8, 4) is 5.75 Å². The summed E-state index contributed by atoms with van der Waals surface area (Å²) < 4.78 is 5.50. The highest BCUT2D eigenvalue weighted by Gasteiger charge is 2.42. The Morgan fingerprint density at radius 3 is 2.50 bits per heavy atom. The van der Waals surface area contributed by atoms with E-state index in [1.165, 1.54) is 38.5 Å². The van der Waals surface area contributed by atoms with Crippen molar-refractivity contribution < 1.29 is 9.53 Å². The van der Waals surface area contributed by atoms with Gasteiger partial charge in [0.15, 0.2) is 0 Å². The second-order valence-electron chi connectivity index (χ2n) is 9.29. The number of anilines is 1. The third-order valence-corrected chi connectivity index (χ3v) is 7.65. The van der Waals surface area contributed by atoms with Crippen LogP contribution in [0, 0.1) is 11.8 Å². The Bertz CT molecular complexity index is 734. The number of nitrogens with zero attached hydrogens (tertiary/aromatic N) is 1. The number of carbonyl (C=O) groups excluding carboxylic acids is 1. The van der Waals surface area contributed by atoms with Gasteiger partial charge in [-0.25, -0.2) is 0 Å². The Morgan fingerprint density at radius 2 is 1.87 bits per heavy atom. The monoisotopic (exact) mass is 433 g/mol. The first kappa shape index (κ1) is 21.8. The maximum atomic E-state index is 13.0. The summed E-state index contributed by atoms with van der Waals surface area (Å²) in [5, 5.41) is 7.10. The molecule has 4 rings (SSSR count). The van der Waals surface area contributed by atoms with Gasteiger partial charge in [-0.15, -0.1) is 0 Å². The van der Waals surface area contributed by atoms with Crippen molar-refractivity contribution in [1.82, 2.24) is 10.2 Å². The molecule has 1 aliphatic heterocycles. The first-order chi connectivity index (χ1) is 14.6. The van der Waals surface area contributed by atoms with Gasteiger partial charge < -0.3 is 15.4 Å². The summed E-state index contributed by atoms with van der Waals surface area (Å²) in [5.74, 6) is 2.21. The van der Waals surface area contributed by atoms with Crippen molar-refractivity contribution in [3.63, 3.8) is 0 Å². The third kappa shape index (κ3) is 4.57. The molecule has 166 valence electrons. The molecule has 1 amide bonds. The number of hydrogen-bond acceptors (Lipinski definition) is 4. The Kier molecular flexibility index (Phi) is 7.09.